The molecule has 1 atom stereocenters. The topological polar surface area (TPSA) is 50.7 Å². The first-order valence-corrected chi connectivity index (χ1v) is 7.07. The number of rotatable bonds is 6. The fourth-order valence-corrected chi connectivity index (χ4v) is 2.20. The first kappa shape index (κ1) is 14.2. The summed E-state index contributed by atoms with van der Waals surface area (Å²) in [6.07, 6.45) is 2.47. The van der Waals surface area contributed by atoms with Gasteiger partial charge in [0.25, 0.3) is 0 Å². The van der Waals surface area contributed by atoms with Gasteiger partial charge in [-0.1, -0.05) is 25.5 Å². The largest absolute Gasteiger partial charge is 0.490 e. The highest BCUT2D eigenvalue weighted by molar-refractivity contribution is 5.47. The normalized spacial score (nSPS) is 15.9. The van der Waals surface area contributed by atoms with Crippen molar-refractivity contribution in [3.8, 4) is 11.5 Å². The van der Waals surface area contributed by atoms with E-state index in [2.05, 4.69) is 12.2 Å². The third-order valence-electron chi connectivity index (χ3n) is 3.17. The van der Waals surface area contributed by atoms with Crippen LogP contribution in [0.5, 0.6) is 11.5 Å². The molecule has 1 unspecified atom stereocenters. The average molecular weight is 265 g/mol. The zero-order valence-corrected chi connectivity index (χ0v) is 11.5. The zero-order chi connectivity index (χ0) is 13.5. The van der Waals surface area contributed by atoms with E-state index in [0.717, 1.165) is 36.3 Å². The second-order valence-corrected chi connectivity index (χ2v) is 4.87. The van der Waals surface area contributed by atoms with E-state index in [1.54, 1.807) is 0 Å². The Labute approximate surface area is 114 Å². The molecule has 1 aromatic carbocycles. The molecule has 0 aromatic heterocycles. The van der Waals surface area contributed by atoms with Crippen molar-refractivity contribution in [2.45, 2.75) is 38.8 Å². The van der Waals surface area contributed by atoms with E-state index < -0.39 is 0 Å². The summed E-state index contributed by atoms with van der Waals surface area (Å²) in [6, 6.07) is 5.95. The van der Waals surface area contributed by atoms with E-state index in [-0.39, 0.29) is 6.10 Å². The number of aliphatic hydroxyl groups excluding tert-OH is 1. The lowest BCUT2D eigenvalue weighted by Gasteiger charge is -2.14. The molecular weight excluding hydrogens is 242 g/mol. The summed E-state index contributed by atoms with van der Waals surface area (Å²) in [4.78, 5) is 0. The standard InChI is InChI=1S/C15H23NO3/c1-2-5-13(17)11-16-10-12-6-3-7-14-15(12)19-9-4-8-18-14/h3,6-7,13,16-17H,2,4-5,8-11H2,1H3. The van der Waals surface area contributed by atoms with Crippen molar-refractivity contribution in [3.05, 3.63) is 23.8 Å². The summed E-state index contributed by atoms with van der Waals surface area (Å²) < 4.78 is 11.4. The number of ether oxygens (including phenoxy) is 2. The van der Waals surface area contributed by atoms with Crippen LogP contribution >= 0.6 is 0 Å². The lowest BCUT2D eigenvalue weighted by Crippen LogP contribution is -2.26. The van der Waals surface area contributed by atoms with Crippen LogP contribution in [-0.2, 0) is 6.54 Å². The van der Waals surface area contributed by atoms with Crippen molar-refractivity contribution in [2.75, 3.05) is 19.8 Å². The predicted molar refractivity (Wildman–Crippen MR) is 74.7 cm³/mol. The molecule has 0 saturated carbocycles. The van der Waals surface area contributed by atoms with Crippen LogP contribution in [0.1, 0.15) is 31.7 Å². The quantitative estimate of drug-likeness (QED) is 0.827. The van der Waals surface area contributed by atoms with Crippen LogP contribution in [0.3, 0.4) is 0 Å². The summed E-state index contributed by atoms with van der Waals surface area (Å²) in [7, 11) is 0. The molecule has 1 heterocycles. The Morgan fingerprint density at radius 1 is 1.32 bits per heavy atom. The maximum atomic E-state index is 9.69. The Kier molecular flexibility index (Phi) is 5.48. The van der Waals surface area contributed by atoms with Crippen molar-refractivity contribution in [3.63, 3.8) is 0 Å². The highest BCUT2D eigenvalue weighted by Gasteiger charge is 2.14. The number of hydrogen-bond acceptors (Lipinski definition) is 4. The number of benzene rings is 1. The molecule has 19 heavy (non-hydrogen) atoms. The van der Waals surface area contributed by atoms with Gasteiger partial charge in [0, 0.05) is 25.1 Å². The van der Waals surface area contributed by atoms with Crippen LogP contribution in [0.25, 0.3) is 0 Å². The smallest absolute Gasteiger partial charge is 0.165 e. The molecular formula is C15H23NO3. The van der Waals surface area contributed by atoms with E-state index in [1.807, 2.05) is 18.2 Å². The number of para-hydroxylation sites is 1. The van der Waals surface area contributed by atoms with Crippen LogP contribution in [0.4, 0.5) is 0 Å². The van der Waals surface area contributed by atoms with E-state index in [0.29, 0.717) is 26.3 Å². The third-order valence-corrected chi connectivity index (χ3v) is 3.17. The second kappa shape index (κ2) is 7.36. The average Bonchev–Trinajstić information content (AvgIpc) is 2.65. The molecule has 4 heteroatoms. The van der Waals surface area contributed by atoms with Gasteiger partial charge in [0.05, 0.1) is 19.3 Å². The zero-order valence-electron chi connectivity index (χ0n) is 11.5. The Hall–Kier alpha value is -1.26. The molecule has 1 aliphatic heterocycles. The number of aliphatic hydroxyl groups is 1. The SMILES string of the molecule is CCCC(O)CNCc1cccc2c1OCCCO2. The van der Waals surface area contributed by atoms with Gasteiger partial charge in [-0.15, -0.1) is 0 Å². The molecule has 1 aromatic rings. The Morgan fingerprint density at radius 3 is 3.00 bits per heavy atom. The van der Waals surface area contributed by atoms with Gasteiger partial charge in [-0.2, -0.15) is 0 Å². The van der Waals surface area contributed by atoms with Crippen LogP contribution in [0.15, 0.2) is 18.2 Å². The Bertz CT molecular complexity index is 395. The fraction of sp³-hybridized carbons (Fsp3) is 0.600. The summed E-state index contributed by atoms with van der Waals surface area (Å²) in [5, 5.41) is 13.0. The molecule has 0 amide bonds. The third kappa shape index (κ3) is 4.11. The molecule has 106 valence electrons. The molecule has 0 radical (unpaired) electrons. The van der Waals surface area contributed by atoms with Crippen molar-refractivity contribution >= 4 is 0 Å². The Morgan fingerprint density at radius 2 is 2.16 bits per heavy atom. The van der Waals surface area contributed by atoms with Gasteiger partial charge in [-0.3, -0.25) is 0 Å². The van der Waals surface area contributed by atoms with Crippen LogP contribution < -0.4 is 14.8 Å². The van der Waals surface area contributed by atoms with Crippen LogP contribution in [-0.4, -0.2) is 31.0 Å². The fourth-order valence-electron chi connectivity index (χ4n) is 2.20. The molecule has 0 saturated heterocycles. The van der Waals surface area contributed by atoms with Gasteiger partial charge in [-0.25, -0.2) is 0 Å². The summed E-state index contributed by atoms with van der Waals surface area (Å²) in [5.41, 5.74) is 1.09. The number of nitrogens with one attached hydrogen (secondary N) is 1. The minimum atomic E-state index is -0.274. The minimum Gasteiger partial charge on any atom is -0.490 e. The molecule has 2 rings (SSSR count). The second-order valence-electron chi connectivity index (χ2n) is 4.87. The Balaban J connectivity index is 1.93. The lowest BCUT2D eigenvalue weighted by atomic mass is 10.1. The van der Waals surface area contributed by atoms with Gasteiger partial charge in [0.1, 0.15) is 0 Å². The van der Waals surface area contributed by atoms with E-state index in [1.165, 1.54) is 0 Å². The molecule has 0 aliphatic carbocycles. The predicted octanol–water partition coefficient (Wildman–Crippen LogP) is 2.10. The molecule has 0 spiro atoms. The molecule has 1 aliphatic rings. The van der Waals surface area contributed by atoms with Crippen LogP contribution in [0, 0.1) is 0 Å². The van der Waals surface area contributed by atoms with Crippen LogP contribution in [0.2, 0.25) is 0 Å². The van der Waals surface area contributed by atoms with Gasteiger partial charge in [-0.05, 0) is 12.5 Å². The maximum absolute atomic E-state index is 9.69. The van der Waals surface area contributed by atoms with E-state index >= 15 is 0 Å². The molecule has 2 N–H and O–H groups in total. The van der Waals surface area contributed by atoms with Gasteiger partial charge < -0.3 is 19.9 Å². The molecule has 0 fully saturated rings. The van der Waals surface area contributed by atoms with Gasteiger partial charge >= 0.3 is 0 Å². The highest BCUT2D eigenvalue weighted by Crippen LogP contribution is 2.33. The summed E-state index contributed by atoms with van der Waals surface area (Å²) in [5.74, 6) is 1.67. The molecule has 4 nitrogen and oxygen atoms in total. The summed E-state index contributed by atoms with van der Waals surface area (Å²) >= 11 is 0. The number of fused-ring (bicyclic) bond motifs is 1. The van der Waals surface area contributed by atoms with Gasteiger partial charge in [0.15, 0.2) is 11.5 Å². The highest BCUT2D eigenvalue weighted by atomic mass is 16.5. The van der Waals surface area contributed by atoms with Crippen molar-refractivity contribution in [2.24, 2.45) is 0 Å². The first-order chi connectivity index (χ1) is 9.31. The van der Waals surface area contributed by atoms with Crippen molar-refractivity contribution < 1.29 is 14.6 Å². The van der Waals surface area contributed by atoms with E-state index in [4.69, 9.17) is 9.47 Å². The number of hydrogen-bond donors (Lipinski definition) is 2. The lowest BCUT2D eigenvalue weighted by molar-refractivity contribution is 0.160. The minimum absolute atomic E-state index is 0.274. The molecule has 0 bridgehead atoms. The summed E-state index contributed by atoms with van der Waals surface area (Å²) in [6.45, 7) is 4.78. The monoisotopic (exact) mass is 265 g/mol. The van der Waals surface area contributed by atoms with Gasteiger partial charge in [0.2, 0.25) is 0 Å². The first-order valence-electron chi connectivity index (χ1n) is 7.07. The van der Waals surface area contributed by atoms with E-state index in [9.17, 15) is 5.11 Å². The van der Waals surface area contributed by atoms with Crippen molar-refractivity contribution in [1.29, 1.82) is 0 Å². The van der Waals surface area contributed by atoms with Crippen molar-refractivity contribution in [1.82, 2.24) is 5.32 Å². The maximum Gasteiger partial charge on any atom is 0.165 e.